The summed E-state index contributed by atoms with van der Waals surface area (Å²) in [7, 11) is 1.57. The number of aromatic nitrogens is 1. The van der Waals surface area contributed by atoms with E-state index < -0.39 is 6.04 Å². The maximum atomic E-state index is 12.8. The molecule has 1 aliphatic rings. The van der Waals surface area contributed by atoms with Crippen molar-refractivity contribution < 1.29 is 14.3 Å². The van der Waals surface area contributed by atoms with Crippen molar-refractivity contribution in [2.45, 2.75) is 39.2 Å². The number of rotatable bonds is 7. The first-order valence-corrected chi connectivity index (χ1v) is 10.4. The van der Waals surface area contributed by atoms with E-state index in [2.05, 4.69) is 20.5 Å². The molecule has 1 aromatic heterocycles. The van der Waals surface area contributed by atoms with E-state index >= 15 is 0 Å². The van der Waals surface area contributed by atoms with E-state index in [0.29, 0.717) is 17.0 Å². The fourth-order valence-electron chi connectivity index (χ4n) is 3.49. The Balaban J connectivity index is 1.62. The van der Waals surface area contributed by atoms with E-state index in [9.17, 15) is 9.59 Å². The lowest BCUT2D eigenvalue weighted by atomic mass is 10.0. The zero-order valence-electron chi connectivity index (χ0n) is 17.9. The van der Waals surface area contributed by atoms with Gasteiger partial charge < -0.3 is 20.3 Å². The van der Waals surface area contributed by atoms with E-state index in [4.69, 9.17) is 4.74 Å². The molecule has 1 saturated heterocycles. The van der Waals surface area contributed by atoms with Crippen LogP contribution in [0.4, 0.5) is 11.5 Å². The van der Waals surface area contributed by atoms with Crippen LogP contribution in [0.3, 0.4) is 0 Å². The van der Waals surface area contributed by atoms with Crippen molar-refractivity contribution in [1.29, 1.82) is 0 Å². The predicted molar refractivity (Wildman–Crippen MR) is 118 cm³/mol. The summed E-state index contributed by atoms with van der Waals surface area (Å²) in [5, 5.41) is 5.71. The van der Waals surface area contributed by atoms with Gasteiger partial charge in [0, 0.05) is 18.7 Å². The molecule has 2 aromatic rings. The zero-order chi connectivity index (χ0) is 21.5. The van der Waals surface area contributed by atoms with Crippen LogP contribution in [-0.4, -0.2) is 43.0 Å². The number of amides is 2. The lowest BCUT2D eigenvalue weighted by Crippen LogP contribution is -2.47. The topological polar surface area (TPSA) is 83.6 Å². The number of hydrogen-bond donors (Lipinski definition) is 2. The van der Waals surface area contributed by atoms with Gasteiger partial charge in [0.2, 0.25) is 5.91 Å². The number of ether oxygens (including phenoxy) is 1. The van der Waals surface area contributed by atoms with Gasteiger partial charge in [0.05, 0.1) is 19.0 Å². The molecule has 30 heavy (non-hydrogen) atoms. The fourth-order valence-corrected chi connectivity index (χ4v) is 3.49. The molecule has 0 bridgehead atoms. The monoisotopic (exact) mass is 410 g/mol. The van der Waals surface area contributed by atoms with Crippen molar-refractivity contribution >= 4 is 23.3 Å². The van der Waals surface area contributed by atoms with Gasteiger partial charge >= 0.3 is 0 Å². The number of methoxy groups -OCH3 is 1. The Kier molecular flexibility index (Phi) is 7.27. The largest absolute Gasteiger partial charge is 0.497 e. The molecule has 2 N–H and O–H groups in total. The maximum Gasteiger partial charge on any atom is 0.251 e. The highest BCUT2D eigenvalue weighted by Crippen LogP contribution is 2.19. The Morgan fingerprint density at radius 3 is 2.30 bits per heavy atom. The van der Waals surface area contributed by atoms with Crippen LogP contribution >= 0.6 is 0 Å². The third-order valence-electron chi connectivity index (χ3n) is 5.28. The third kappa shape index (κ3) is 5.49. The van der Waals surface area contributed by atoms with E-state index in [-0.39, 0.29) is 17.7 Å². The van der Waals surface area contributed by atoms with Crippen molar-refractivity contribution in [3.8, 4) is 5.75 Å². The first-order chi connectivity index (χ1) is 14.5. The summed E-state index contributed by atoms with van der Waals surface area (Å²) in [6.07, 6.45) is 5.31. The molecule has 0 saturated carbocycles. The Bertz CT molecular complexity index is 844. The van der Waals surface area contributed by atoms with Gasteiger partial charge in [-0.15, -0.1) is 0 Å². The molecule has 1 aromatic carbocycles. The second-order valence-electron chi connectivity index (χ2n) is 7.87. The highest BCUT2D eigenvalue weighted by molar-refractivity contribution is 6.01. The number of benzene rings is 1. The van der Waals surface area contributed by atoms with Crippen LogP contribution in [0.1, 0.15) is 43.5 Å². The van der Waals surface area contributed by atoms with Crippen molar-refractivity contribution in [2.24, 2.45) is 5.92 Å². The van der Waals surface area contributed by atoms with Crippen LogP contribution in [0.15, 0.2) is 42.6 Å². The number of nitrogens with one attached hydrogen (secondary N) is 2. The maximum absolute atomic E-state index is 12.8. The number of piperidine rings is 1. The summed E-state index contributed by atoms with van der Waals surface area (Å²) < 4.78 is 5.12. The molecule has 7 heteroatoms. The molecule has 0 radical (unpaired) electrons. The van der Waals surface area contributed by atoms with Gasteiger partial charge in [-0.05, 0) is 61.6 Å². The molecule has 160 valence electrons. The average Bonchev–Trinajstić information content (AvgIpc) is 2.78. The van der Waals surface area contributed by atoms with Crippen LogP contribution in [0.5, 0.6) is 5.75 Å². The van der Waals surface area contributed by atoms with Gasteiger partial charge in [0.1, 0.15) is 17.6 Å². The summed E-state index contributed by atoms with van der Waals surface area (Å²) in [6, 6.07) is 9.91. The summed E-state index contributed by atoms with van der Waals surface area (Å²) in [5.41, 5.74) is 1.09. The normalized spacial score (nSPS) is 14.9. The Hall–Kier alpha value is -3.09. The molecule has 0 spiro atoms. The number of carbonyl (C=O) groups is 2. The van der Waals surface area contributed by atoms with E-state index in [1.807, 2.05) is 26.0 Å². The molecular formula is C23H30N4O3. The molecule has 2 amide bonds. The van der Waals surface area contributed by atoms with Crippen LogP contribution in [-0.2, 0) is 4.79 Å². The standard InChI is InChI=1S/C23H30N4O3/c1-16(2)21(26-22(28)17-7-10-19(30-3)11-8-17)23(29)25-18-9-12-20(24-15-18)27-13-5-4-6-14-27/h7-12,15-16,21H,4-6,13-14H2,1-3H3,(H,25,29)(H,26,28). The Labute approximate surface area is 177 Å². The van der Waals surface area contributed by atoms with Crippen molar-refractivity contribution in [1.82, 2.24) is 10.3 Å². The lowest BCUT2D eigenvalue weighted by Gasteiger charge is -2.27. The van der Waals surface area contributed by atoms with Crippen molar-refractivity contribution in [3.63, 3.8) is 0 Å². The van der Waals surface area contributed by atoms with Crippen LogP contribution in [0.25, 0.3) is 0 Å². The van der Waals surface area contributed by atoms with E-state index in [0.717, 1.165) is 18.9 Å². The van der Waals surface area contributed by atoms with Crippen LogP contribution in [0.2, 0.25) is 0 Å². The van der Waals surface area contributed by atoms with Crippen molar-refractivity contribution in [2.75, 3.05) is 30.4 Å². The molecule has 3 rings (SSSR count). The quantitative estimate of drug-likeness (QED) is 0.730. The Morgan fingerprint density at radius 1 is 1.03 bits per heavy atom. The minimum atomic E-state index is -0.665. The number of hydrogen-bond acceptors (Lipinski definition) is 5. The van der Waals surface area contributed by atoms with Gasteiger partial charge in [0.15, 0.2) is 0 Å². The SMILES string of the molecule is COc1ccc(C(=O)NC(C(=O)Nc2ccc(N3CCCCC3)nc2)C(C)C)cc1. The lowest BCUT2D eigenvalue weighted by molar-refractivity contribution is -0.118. The van der Waals surface area contributed by atoms with Gasteiger partial charge in [-0.25, -0.2) is 4.98 Å². The highest BCUT2D eigenvalue weighted by Gasteiger charge is 2.25. The second kappa shape index (κ2) is 10.1. The van der Waals surface area contributed by atoms with E-state index in [1.165, 1.54) is 19.3 Å². The number of anilines is 2. The smallest absolute Gasteiger partial charge is 0.251 e. The highest BCUT2D eigenvalue weighted by atomic mass is 16.5. The molecule has 7 nitrogen and oxygen atoms in total. The minimum absolute atomic E-state index is 0.0761. The van der Waals surface area contributed by atoms with Gasteiger partial charge in [-0.2, -0.15) is 0 Å². The molecular weight excluding hydrogens is 380 g/mol. The molecule has 1 atom stereocenters. The number of nitrogens with zero attached hydrogens (tertiary/aromatic N) is 2. The second-order valence-corrected chi connectivity index (χ2v) is 7.87. The minimum Gasteiger partial charge on any atom is -0.497 e. The average molecular weight is 411 g/mol. The molecule has 1 aliphatic heterocycles. The van der Waals surface area contributed by atoms with Crippen molar-refractivity contribution in [3.05, 3.63) is 48.2 Å². The zero-order valence-corrected chi connectivity index (χ0v) is 17.9. The van der Waals surface area contributed by atoms with E-state index in [1.54, 1.807) is 37.6 Å². The number of carbonyl (C=O) groups excluding carboxylic acids is 2. The van der Waals surface area contributed by atoms with Gasteiger partial charge in [-0.1, -0.05) is 13.8 Å². The fraction of sp³-hybridized carbons (Fsp3) is 0.435. The number of pyridine rings is 1. The third-order valence-corrected chi connectivity index (χ3v) is 5.28. The predicted octanol–water partition coefficient (Wildman–Crippen LogP) is 3.47. The molecule has 1 fully saturated rings. The van der Waals surface area contributed by atoms with Gasteiger partial charge in [-0.3, -0.25) is 9.59 Å². The first-order valence-electron chi connectivity index (χ1n) is 10.4. The summed E-state index contributed by atoms with van der Waals surface area (Å²) in [5.74, 6) is 0.961. The van der Waals surface area contributed by atoms with Gasteiger partial charge in [0.25, 0.3) is 5.91 Å². The summed E-state index contributed by atoms with van der Waals surface area (Å²) in [6.45, 7) is 5.84. The molecule has 0 aliphatic carbocycles. The summed E-state index contributed by atoms with van der Waals surface area (Å²) >= 11 is 0. The van der Waals surface area contributed by atoms with Crippen LogP contribution < -0.4 is 20.3 Å². The summed E-state index contributed by atoms with van der Waals surface area (Å²) in [4.78, 5) is 32.2. The first kappa shape index (κ1) is 21.6. The van der Waals surface area contributed by atoms with Crippen LogP contribution in [0, 0.1) is 5.92 Å². The Morgan fingerprint density at radius 2 is 1.73 bits per heavy atom. The molecule has 2 heterocycles. The molecule has 1 unspecified atom stereocenters.